The van der Waals surface area contributed by atoms with Crippen molar-refractivity contribution < 1.29 is 32.9 Å². The number of phosphoric ester groups is 1. The van der Waals surface area contributed by atoms with Crippen molar-refractivity contribution in [3.05, 3.63) is 29.8 Å². The second-order valence-corrected chi connectivity index (χ2v) is 7.51. The van der Waals surface area contributed by atoms with Crippen molar-refractivity contribution in [2.45, 2.75) is 12.5 Å². The fraction of sp³-hybridized carbons (Fsp3) is 0.500. The molecule has 0 saturated heterocycles. The van der Waals surface area contributed by atoms with Gasteiger partial charge in [0.25, 0.3) is 0 Å². The van der Waals surface area contributed by atoms with E-state index < -0.39 is 19.8 Å². The Bertz CT molecular complexity index is 570. The fourth-order valence-electron chi connectivity index (χ4n) is 1.61. The molecule has 0 bridgehead atoms. The molecular formula is C14H23N2O6P. The lowest BCUT2D eigenvalue weighted by molar-refractivity contribution is -0.870. The van der Waals surface area contributed by atoms with Crippen molar-refractivity contribution in [3.63, 3.8) is 0 Å². The van der Waals surface area contributed by atoms with Crippen LogP contribution in [-0.4, -0.2) is 55.9 Å². The summed E-state index contributed by atoms with van der Waals surface area (Å²) < 4.78 is 21.9. The second kappa shape index (κ2) is 7.90. The van der Waals surface area contributed by atoms with Crippen LogP contribution in [0.25, 0.3) is 0 Å². The van der Waals surface area contributed by atoms with Crippen LogP contribution >= 0.6 is 7.82 Å². The Morgan fingerprint density at radius 3 is 2.39 bits per heavy atom. The van der Waals surface area contributed by atoms with Crippen molar-refractivity contribution in [2.75, 3.05) is 34.3 Å². The summed E-state index contributed by atoms with van der Waals surface area (Å²) in [6.45, 7) is 0.539. The van der Waals surface area contributed by atoms with Gasteiger partial charge >= 0.3 is 13.8 Å². The summed E-state index contributed by atoms with van der Waals surface area (Å²) in [5, 5.41) is 8.74. The minimum Gasteiger partial charge on any atom is -0.746 e. The highest BCUT2D eigenvalue weighted by Crippen LogP contribution is 2.39. The van der Waals surface area contributed by atoms with Gasteiger partial charge in [0.15, 0.2) is 0 Å². The molecule has 8 nitrogen and oxygen atoms in total. The third-order valence-electron chi connectivity index (χ3n) is 2.92. The first-order chi connectivity index (χ1) is 10.5. The predicted molar refractivity (Wildman–Crippen MR) is 82.8 cm³/mol. The van der Waals surface area contributed by atoms with Crippen LogP contribution in [0.4, 0.5) is 0 Å². The van der Waals surface area contributed by atoms with Crippen molar-refractivity contribution in [2.24, 2.45) is 5.73 Å². The highest BCUT2D eigenvalue weighted by Gasteiger charge is 2.15. The number of hydrogen-bond donors (Lipinski definition) is 2. The average molecular weight is 346 g/mol. The van der Waals surface area contributed by atoms with E-state index in [0.717, 1.165) is 0 Å². The first-order valence-corrected chi connectivity index (χ1v) is 8.47. The van der Waals surface area contributed by atoms with Crippen LogP contribution in [0.5, 0.6) is 5.75 Å². The lowest BCUT2D eigenvalue weighted by atomic mass is 10.1. The van der Waals surface area contributed by atoms with Gasteiger partial charge in [-0.05, 0) is 24.1 Å². The number of nitrogens with zero attached hydrogens (tertiary/aromatic N) is 1. The van der Waals surface area contributed by atoms with Gasteiger partial charge in [0.1, 0.15) is 24.9 Å². The number of nitrogens with two attached hydrogens (primary N) is 1. The van der Waals surface area contributed by atoms with E-state index in [1.165, 1.54) is 12.1 Å². The molecule has 0 aromatic heterocycles. The Kier molecular flexibility index (Phi) is 6.73. The first kappa shape index (κ1) is 19.6. The number of carbonyl (C=O) groups is 1. The molecule has 0 aliphatic rings. The Labute approximate surface area is 135 Å². The Morgan fingerprint density at radius 2 is 1.91 bits per heavy atom. The summed E-state index contributed by atoms with van der Waals surface area (Å²) in [6.07, 6.45) is 0.144. The van der Waals surface area contributed by atoms with Gasteiger partial charge in [-0.3, -0.25) is 9.36 Å². The molecule has 0 fully saturated rings. The van der Waals surface area contributed by atoms with Crippen molar-refractivity contribution >= 4 is 13.8 Å². The smallest absolute Gasteiger partial charge is 0.320 e. The number of quaternary nitrogens is 1. The number of aliphatic carboxylic acids is 1. The van der Waals surface area contributed by atoms with Crippen LogP contribution in [0.3, 0.4) is 0 Å². The molecule has 2 atom stereocenters. The van der Waals surface area contributed by atoms with E-state index in [1.807, 2.05) is 21.1 Å². The predicted octanol–water partition coefficient (Wildman–Crippen LogP) is 0.211. The molecule has 1 rings (SSSR count). The Balaban J connectivity index is 2.56. The largest absolute Gasteiger partial charge is 0.746 e. The molecule has 0 amide bonds. The van der Waals surface area contributed by atoms with Gasteiger partial charge in [-0.15, -0.1) is 0 Å². The molecule has 9 heteroatoms. The quantitative estimate of drug-likeness (QED) is 0.484. The van der Waals surface area contributed by atoms with Crippen LogP contribution in [0.1, 0.15) is 5.56 Å². The van der Waals surface area contributed by atoms with Gasteiger partial charge in [-0.2, -0.15) is 0 Å². The number of phosphoric acid groups is 1. The maximum absolute atomic E-state index is 11.7. The zero-order valence-electron chi connectivity index (χ0n) is 13.5. The Morgan fingerprint density at radius 1 is 1.35 bits per heavy atom. The number of benzene rings is 1. The average Bonchev–Trinajstić information content (AvgIpc) is 2.38. The summed E-state index contributed by atoms with van der Waals surface area (Å²) >= 11 is 0. The van der Waals surface area contributed by atoms with Gasteiger partial charge in [0, 0.05) is 0 Å². The van der Waals surface area contributed by atoms with E-state index in [1.54, 1.807) is 12.1 Å². The van der Waals surface area contributed by atoms with Crippen LogP contribution < -0.4 is 15.2 Å². The van der Waals surface area contributed by atoms with E-state index in [-0.39, 0.29) is 18.8 Å². The maximum atomic E-state index is 11.7. The van der Waals surface area contributed by atoms with Crippen molar-refractivity contribution in [1.29, 1.82) is 0 Å². The molecule has 0 aliphatic heterocycles. The van der Waals surface area contributed by atoms with E-state index >= 15 is 0 Å². The van der Waals surface area contributed by atoms with Gasteiger partial charge in [-0.1, -0.05) is 12.1 Å². The molecular weight excluding hydrogens is 323 g/mol. The van der Waals surface area contributed by atoms with Crippen molar-refractivity contribution in [3.8, 4) is 5.75 Å². The van der Waals surface area contributed by atoms with Gasteiger partial charge in [-0.25, -0.2) is 0 Å². The van der Waals surface area contributed by atoms with E-state index in [4.69, 9.17) is 19.9 Å². The molecule has 0 saturated carbocycles. The molecule has 3 N–H and O–H groups in total. The van der Waals surface area contributed by atoms with Crippen LogP contribution in [0.2, 0.25) is 0 Å². The van der Waals surface area contributed by atoms with Gasteiger partial charge < -0.3 is 29.3 Å². The minimum absolute atomic E-state index is 0.0236. The standard InChI is InChI=1S/C14H23N2O6P/c1-16(2,3)8-9-21-23(19,20)22-12-6-4-11(5-7-12)10-13(15)14(17)18/h4-7,13H,8-10,15H2,1-3H3,(H-,17,18,19,20)/t13-/m0/s1. The second-order valence-electron chi connectivity index (χ2n) is 6.18. The minimum atomic E-state index is -4.44. The zero-order chi connectivity index (χ0) is 17.7. The Hall–Kier alpha value is -1.44. The highest BCUT2D eigenvalue weighted by molar-refractivity contribution is 7.46. The first-order valence-electron chi connectivity index (χ1n) is 7.01. The topological polar surface area (TPSA) is 122 Å². The number of hydrogen-bond acceptors (Lipinski definition) is 6. The summed E-state index contributed by atoms with van der Waals surface area (Å²) in [5.41, 5.74) is 6.10. The SMILES string of the molecule is C[N+](C)(C)CCOP(=O)([O-])Oc1ccc(C[C@H](N)C(=O)O)cc1. The highest BCUT2D eigenvalue weighted by atomic mass is 31.2. The number of likely N-dealkylation sites (N-methyl/N-ethyl adjacent to an activating group) is 1. The third kappa shape index (κ3) is 8.11. The molecule has 23 heavy (non-hydrogen) atoms. The van der Waals surface area contributed by atoms with Crippen LogP contribution in [0, 0.1) is 0 Å². The normalized spacial score (nSPS) is 15.7. The molecule has 0 radical (unpaired) electrons. The zero-order valence-corrected chi connectivity index (χ0v) is 14.4. The molecule has 0 aliphatic carbocycles. The maximum Gasteiger partial charge on any atom is 0.320 e. The molecule has 1 aromatic rings. The lowest BCUT2D eigenvalue weighted by Crippen LogP contribution is -2.37. The molecule has 1 aromatic carbocycles. The number of carboxylic acids is 1. The number of carboxylic acid groups (broad SMARTS) is 1. The lowest BCUT2D eigenvalue weighted by Gasteiger charge is -2.27. The summed E-state index contributed by atoms with van der Waals surface area (Å²) in [7, 11) is 1.31. The fourth-order valence-corrected chi connectivity index (χ4v) is 2.35. The van der Waals surface area contributed by atoms with Gasteiger partial charge in [0.05, 0.1) is 21.1 Å². The van der Waals surface area contributed by atoms with Crippen LogP contribution in [-0.2, 0) is 20.3 Å². The van der Waals surface area contributed by atoms with Crippen molar-refractivity contribution in [1.82, 2.24) is 0 Å². The molecule has 0 spiro atoms. The molecule has 130 valence electrons. The summed E-state index contributed by atoms with van der Waals surface area (Å²) in [4.78, 5) is 22.4. The van der Waals surface area contributed by atoms with E-state index in [2.05, 4.69) is 0 Å². The summed E-state index contributed by atoms with van der Waals surface area (Å²) in [6, 6.07) is 4.97. The molecule has 0 heterocycles. The monoisotopic (exact) mass is 346 g/mol. The van der Waals surface area contributed by atoms with E-state index in [9.17, 15) is 14.3 Å². The summed E-state index contributed by atoms with van der Waals surface area (Å²) in [5.74, 6) is -0.999. The van der Waals surface area contributed by atoms with Crippen LogP contribution in [0.15, 0.2) is 24.3 Å². The van der Waals surface area contributed by atoms with Gasteiger partial charge in [0.2, 0.25) is 0 Å². The third-order valence-corrected chi connectivity index (χ3v) is 3.86. The van der Waals surface area contributed by atoms with E-state index in [0.29, 0.717) is 16.6 Å². The number of rotatable bonds is 9. The molecule has 1 unspecified atom stereocenters.